The van der Waals surface area contributed by atoms with Crippen molar-refractivity contribution in [3.05, 3.63) is 48.2 Å². The lowest BCUT2D eigenvalue weighted by atomic mass is 10.1. The van der Waals surface area contributed by atoms with E-state index in [-0.39, 0.29) is 6.04 Å². The molecule has 0 saturated carbocycles. The second-order valence-corrected chi connectivity index (χ2v) is 6.43. The average molecular weight is 348 g/mol. The van der Waals surface area contributed by atoms with Crippen molar-refractivity contribution in [2.45, 2.75) is 26.3 Å². The van der Waals surface area contributed by atoms with Crippen LogP contribution in [0.3, 0.4) is 0 Å². The molecule has 0 aliphatic carbocycles. The fourth-order valence-electron chi connectivity index (χ4n) is 2.93. The number of aromatic nitrogens is 7. The quantitative estimate of drug-likeness (QED) is 0.575. The van der Waals surface area contributed by atoms with Crippen molar-refractivity contribution in [2.75, 3.05) is 5.32 Å². The Morgan fingerprint density at radius 2 is 2.15 bits per heavy atom. The van der Waals surface area contributed by atoms with Gasteiger partial charge in [0, 0.05) is 43.2 Å². The summed E-state index contributed by atoms with van der Waals surface area (Å²) >= 11 is 0. The Bertz CT molecular complexity index is 1030. The third-order valence-electron chi connectivity index (χ3n) is 4.17. The van der Waals surface area contributed by atoms with E-state index < -0.39 is 0 Å². The molecule has 2 N–H and O–H groups in total. The van der Waals surface area contributed by atoms with E-state index in [4.69, 9.17) is 4.98 Å². The normalized spacial score (nSPS) is 12.4. The van der Waals surface area contributed by atoms with Crippen molar-refractivity contribution in [3.8, 4) is 11.4 Å². The predicted octanol–water partition coefficient (Wildman–Crippen LogP) is 2.50. The number of rotatable bonds is 5. The smallest absolute Gasteiger partial charge is 0.165 e. The van der Waals surface area contributed by atoms with Crippen LogP contribution in [0.1, 0.15) is 18.3 Å². The van der Waals surface area contributed by atoms with Crippen molar-refractivity contribution in [1.82, 2.24) is 34.9 Å². The molecule has 0 saturated heterocycles. The number of pyridine rings is 1. The lowest BCUT2D eigenvalue weighted by Crippen LogP contribution is -2.19. The van der Waals surface area contributed by atoms with Gasteiger partial charge in [0.2, 0.25) is 0 Å². The second kappa shape index (κ2) is 6.55. The number of aryl methyl sites for hydroxylation is 2. The number of H-pyrrole nitrogens is 1. The summed E-state index contributed by atoms with van der Waals surface area (Å²) in [5.74, 6) is 1.39. The third kappa shape index (κ3) is 3.13. The molecule has 0 aliphatic heterocycles. The molecule has 8 nitrogen and oxygen atoms in total. The first kappa shape index (κ1) is 16.2. The third-order valence-corrected chi connectivity index (χ3v) is 4.17. The zero-order valence-corrected chi connectivity index (χ0v) is 14.9. The number of hydrogen-bond donors (Lipinski definition) is 2. The molecule has 0 amide bonds. The highest BCUT2D eigenvalue weighted by molar-refractivity contribution is 5.88. The molecular weight excluding hydrogens is 328 g/mol. The van der Waals surface area contributed by atoms with E-state index in [2.05, 4.69) is 43.6 Å². The van der Waals surface area contributed by atoms with Crippen LogP contribution in [0.25, 0.3) is 22.4 Å². The van der Waals surface area contributed by atoms with Crippen LogP contribution in [0.5, 0.6) is 0 Å². The fourth-order valence-corrected chi connectivity index (χ4v) is 2.93. The summed E-state index contributed by atoms with van der Waals surface area (Å²) in [6.45, 7) is 4.11. The molecule has 0 unspecified atom stereocenters. The highest BCUT2D eigenvalue weighted by Crippen LogP contribution is 2.25. The lowest BCUT2D eigenvalue weighted by Gasteiger charge is -2.15. The standard InChI is InChI=1S/C18H20N8/c1-11(7-14-8-12(2)24-25-14)21-17-15-10-20-26(3)18(15)23-16(22-17)13-5-4-6-19-9-13/h4-6,8-11H,7H2,1-3H3,(H,24,25)(H,21,22,23)/t11-/m1/s1. The number of anilines is 1. The Kier molecular flexibility index (Phi) is 4.08. The van der Waals surface area contributed by atoms with Crippen molar-refractivity contribution in [2.24, 2.45) is 7.05 Å². The first-order valence-electron chi connectivity index (χ1n) is 8.47. The molecule has 0 aliphatic rings. The molecule has 8 heteroatoms. The van der Waals surface area contributed by atoms with Gasteiger partial charge in [0.25, 0.3) is 0 Å². The zero-order chi connectivity index (χ0) is 18.1. The molecular formula is C18H20N8. The number of hydrogen-bond acceptors (Lipinski definition) is 6. The Morgan fingerprint density at radius 1 is 1.27 bits per heavy atom. The molecule has 4 aromatic rings. The summed E-state index contributed by atoms with van der Waals surface area (Å²) in [5.41, 5.74) is 3.73. The molecule has 26 heavy (non-hydrogen) atoms. The van der Waals surface area contributed by atoms with Gasteiger partial charge in [-0.3, -0.25) is 14.8 Å². The number of nitrogens with one attached hydrogen (secondary N) is 2. The first-order valence-corrected chi connectivity index (χ1v) is 8.47. The Balaban J connectivity index is 1.69. The largest absolute Gasteiger partial charge is 0.366 e. The molecule has 0 radical (unpaired) electrons. The number of aromatic amines is 1. The van der Waals surface area contributed by atoms with Crippen LogP contribution in [0.15, 0.2) is 36.8 Å². The van der Waals surface area contributed by atoms with Gasteiger partial charge in [-0.25, -0.2) is 9.97 Å². The van der Waals surface area contributed by atoms with Crippen molar-refractivity contribution < 1.29 is 0 Å². The van der Waals surface area contributed by atoms with Crippen LogP contribution in [-0.2, 0) is 13.5 Å². The van der Waals surface area contributed by atoms with E-state index in [1.54, 1.807) is 23.3 Å². The van der Waals surface area contributed by atoms with E-state index in [1.165, 1.54) is 0 Å². The van der Waals surface area contributed by atoms with Crippen LogP contribution in [-0.4, -0.2) is 41.0 Å². The maximum Gasteiger partial charge on any atom is 0.165 e. The molecule has 0 fully saturated rings. The monoisotopic (exact) mass is 348 g/mol. The minimum atomic E-state index is 0.151. The van der Waals surface area contributed by atoms with E-state index in [1.807, 2.05) is 26.1 Å². The van der Waals surface area contributed by atoms with Gasteiger partial charge >= 0.3 is 0 Å². The van der Waals surface area contributed by atoms with Gasteiger partial charge in [0.15, 0.2) is 11.5 Å². The van der Waals surface area contributed by atoms with Crippen molar-refractivity contribution in [3.63, 3.8) is 0 Å². The Hall–Kier alpha value is -3.29. The van der Waals surface area contributed by atoms with Gasteiger partial charge < -0.3 is 5.32 Å². The summed E-state index contributed by atoms with van der Waals surface area (Å²) in [6, 6.07) is 6.03. The highest BCUT2D eigenvalue weighted by atomic mass is 15.3. The van der Waals surface area contributed by atoms with E-state index in [9.17, 15) is 0 Å². The molecule has 4 heterocycles. The van der Waals surface area contributed by atoms with Gasteiger partial charge in [0.05, 0.1) is 17.3 Å². The summed E-state index contributed by atoms with van der Waals surface area (Å²) in [5, 5.41) is 16.0. The van der Waals surface area contributed by atoms with E-state index >= 15 is 0 Å². The maximum absolute atomic E-state index is 4.73. The minimum Gasteiger partial charge on any atom is -0.366 e. The summed E-state index contributed by atoms with van der Waals surface area (Å²) in [6.07, 6.45) is 6.07. The van der Waals surface area contributed by atoms with Crippen LogP contribution in [0.4, 0.5) is 5.82 Å². The van der Waals surface area contributed by atoms with Crippen LogP contribution >= 0.6 is 0 Å². The minimum absolute atomic E-state index is 0.151. The van der Waals surface area contributed by atoms with E-state index in [0.717, 1.165) is 40.2 Å². The Morgan fingerprint density at radius 3 is 2.88 bits per heavy atom. The summed E-state index contributed by atoms with van der Waals surface area (Å²) in [4.78, 5) is 13.5. The van der Waals surface area contributed by atoms with Gasteiger partial charge in [-0.05, 0) is 32.0 Å². The van der Waals surface area contributed by atoms with Crippen LogP contribution in [0, 0.1) is 6.92 Å². The topological polar surface area (TPSA) is 97.2 Å². The van der Waals surface area contributed by atoms with Gasteiger partial charge in [-0.2, -0.15) is 10.2 Å². The zero-order valence-electron chi connectivity index (χ0n) is 14.9. The molecule has 132 valence electrons. The molecule has 4 aromatic heterocycles. The molecule has 4 rings (SSSR count). The van der Waals surface area contributed by atoms with Crippen molar-refractivity contribution in [1.29, 1.82) is 0 Å². The summed E-state index contributed by atoms with van der Waals surface area (Å²) in [7, 11) is 1.88. The number of fused-ring (bicyclic) bond motifs is 1. The fraction of sp³-hybridized carbons (Fsp3) is 0.278. The van der Waals surface area contributed by atoms with Crippen LogP contribution < -0.4 is 5.32 Å². The molecule has 0 aromatic carbocycles. The average Bonchev–Trinajstić information content (AvgIpc) is 3.21. The second-order valence-electron chi connectivity index (χ2n) is 6.43. The Labute approximate surface area is 150 Å². The first-order chi connectivity index (χ1) is 12.6. The molecule has 0 bridgehead atoms. The number of nitrogens with zero attached hydrogens (tertiary/aromatic N) is 6. The lowest BCUT2D eigenvalue weighted by molar-refractivity contribution is 0.760. The van der Waals surface area contributed by atoms with Gasteiger partial charge in [-0.1, -0.05) is 0 Å². The molecule has 1 atom stereocenters. The van der Waals surface area contributed by atoms with Crippen LogP contribution in [0.2, 0.25) is 0 Å². The van der Waals surface area contributed by atoms with Crippen molar-refractivity contribution >= 4 is 16.9 Å². The highest BCUT2D eigenvalue weighted by Gasteiger charge is 2.15. The molecule has 0 spiro atoms. The van der Waals surface area contributed by atoms with Gasteiger partial charge in [0.1, 0.15) is 5.82 Å². The maximum atomic E-state index is 4.73. The van der Waals surface area contributed by atoms with Gasteiger partial charge in [-0.15, -0.1) is 0 Å². The predicted molar refractivity (Wildman–Crippen MR) is 99.6 cm³/mol. The summed E-state index contributed by atoms with van der Waals surface area (Å²) < 4.78 is 1.75. The van der Waals surface area contributed by atoms with E-state index in [0.29, 0.717) is 5.82 Å². The SMILES string of the molecule is Cc1cc(C[C@@H](C)Nc2nc(-c3cccnc3)nc3c2cnn3C)n[nH]1.